The SMILES string of the molecule is Cc1ccccc1CNc1ccc(NC(=O)NC(C)C)nn1. The molecule has 0 radical (unpaired) electrons. The molecule has 3 N–H and O–H groups in total. The summed E-state index contributed by atoms with van der Waals surface area (Å²) in [6.45, 7) is 6.54. The van der Waals surface area contributed by atoms with E-state index in [1.54, 1.807) is 12.1 Å². The molecular formula is C16H21N5O. The van der Waals surface area contributed by atoms with Gasteiger partial charge in [0.1, 0.15) is 5.82 Å². The summed E-state index contributed by atoms with van der Waals surface area (Å²) < 4.78 is 0. The van der Waals surface area contributed by atoms with E-state index in [2.05, 4.69) is 45.2 Å². The highest BCUT2D eigenvalue weighted by Crippen LogP contribution is 2.11. The first-order valence-corrected chi connectivity index (χ1v) is 7.24. The van der Waals surface area contributed by atoms with Crippen LogP contribution in [0.4, 0.5) is 16.4 Å². The highest BCUT2D eigenvalue weighted by atomic mass is 16.2. The maximum atomic E-state index is 11.6. The largest absolute Gasteiger partial charge is 0.364 e. The van der Waals surface area contributed by atoms with Crippen LogP contribution in [0.25, 0.3) is 0 Å². The second-order valence-electron chi connectivity index (χ2n) is 5.34. The minimum absolute atomic E-state index is 0.0722. The number of hydrogen-bond acceptors (Lipinski definition) is 4. The Morgan fingerprint density at radius 3 is 2.41 bits per heavy atom. The average molecular weight is 299 g/mol. The van der Waals surface area contributed by atoms with Crippen LogP contribution in [-0.4, -0.2) is 22.3 Å². The molecule has 0 bridgehead atoms. The van der Waals surface area contributed by atoms with Gasteiger partial charge in [-0.15, -0.1) is 10.2 Å². The van der Waals surface area contributed by atoms with Gasteiger partial charge >= 0.3 is 6.03 Å². The first-order valence-electron chi connectivity index (χ1n) is 7.24. The predicted octanol–water partition coefficient (Wildman–Crippen LogP) is 2.93. The predicted molar refractivity (Wildman–Crippen MR) is 87.8 cm³/mol. The summed E-state index contributed by atoms with van der Waals surface area (Å²) in [5.41, 5.74) is 2.44. The molecule has 0 saturated carbocycles. The third-order valence-electron chi connectivity index (χ3n) is 3.05. The van der Waals surface area contributed by atoms with Crippen LogP contribution in [0.15, 0.2) is 36.4 Å². The number of aryl methyl sites for hydroxylation is 1. The van der Waals surface area contributed by atoms with E-state index in [0.29, 0.717) is 18.2 Å². The average Bonchev–Trinajstić information content (AvgIpc) is 2.47. The van der Waals surface area contributed by atoms with Crippen molar-refractivity contribution in [3.05, 3.63) is 47.5 Å². The monoisotopic (exact) mass is 299 g/mol. The van der Waals surface area contributed by atoms with Gasteiger partial charge in [-0.2, -0.15) is 0 Å². The molecule has 0 aliphatic heterocycles. The van der Waals surface area contributed by atoms with E-state index in [0.717, 1.165) is 0 Å². The van der Waals surface area contributed by atoms with Crippen molar-refractivity contribution < 1.29 is 4.79 Å². The number of carbonyl (C=O) groups excluding carboxylic acids is 1. The van der Waals surface area contributed by atoms with Crippen molar-refractivity contribution in [3.63, 3.8) is 0 Å². The van der Waals surface area contributed by atoms with Crippen molar-refractivity contribution in [1.29, 1.82) is 0 Å². The van der Waals surface area contributed by atoms with E-state index in [1.807, 2.05) is 26.0 Å². The number of rotatable bonds is 5. The second kappa shape index (κ2) is 7.40. The Balaban J connectivity index is 1.89. The Hall–Kier alpha value is -2.63. The summed E-state index contributed by atoms with van der Waals surface area (Å²) in [5.74, 6) is 1.08. The Morgan fingerprint density at radius 1 is 1.09 bits per heavy atom. The Labute approximate surface area is 130 Å². The third kappa shape index (κ3) is 4.73. The van der Waals surface area contributed by atoms with Gasteiger partial charge in [-0.3, -0.25) is 5.32 Å². The zero-order chi connectivity index (χ0) is 15.9. The molecule has 2 amide bonds. The van der Waals surface area contributed by atoms with Crippen molar-refractivity contribution in [2.75, 3.05) is 10.6 Å². The summed E-state index contributed by atoms with van der Waals surface area (Å²) in [4.78, 5) is 11.6. The van der Waals surface area contributed by atoms with Crippen LogP contribution in [0.5, 0.6) is 0 Å². The van der Waals surface area contributed by atoms with E-state index < -0.39 is 0 Å². The number of hydrogen-bond donors (Lipinski definition) is 3. The molecule has 2 rings (SSSR count). The molecule has 116 valence electrons. The molecule has 0 aliphatic rings. The standard InChI is InChI=1S/C16H21N5O/c1-11(2)18-16(22)19-15-9-8-14(20-21-15)17-10-13-7-5-4-6-12(13)3/h4-9,11H,10H2,1-3H3,(H,17,20)(H2,18,19,21,22). The Kier molecular flexibility index (Phi) is 5.30. The Morgan fingerprint density at radius 2 is 1.77 bits per heavy atom. The molecule has 1 heterocycles. The van der Waals surface area contributed by atoms with Crippen molar-refractivity contribution >= 4 is 17.7 Å². The molecule has 1 aromatic heterocycles. The van der Waals surface area contributed by atoms with Crippen molar-refractivity contribution in [2.24, 2.45) is 0 Å². The molecule has 0 atom stereocenters. The van der Waals surface area contributed by atoms with Crippen molar-refractivity contribution in [1.82, 2.24) is 15.5 Å². The zero-order valence-electron chi connectivity index (χ0n) is 13.1. The minimum atomic E-state index is -0.287. The molecule has 0 fully saturated rings. The zero-order valence-corrected chi connectivity index (χ0v) is 13.1. The molecule has 0 aliphatic carbocycles. The fraction of sp³-hybridized carbons (Fsp3) is 0.312. The number of urea groups is 1. The van der Waals surface area contributed by atoms with Gasteiger partial charge in [0.25, 0.3) is 0 Å². The molecular weight excluding hydrogens is 278 g/mol. The highest BCUT2D eigenvalue weighted by molar-refractivity contribution is 5.88. The van der Waals surface area contributed by atoms with Crippen LogP contribution in [0.1, 0.15) is 25.0 Å². The van der Waals surface area contributed by atoms with E-state index in [-0.39, 0.29) is 12.1 Å². The maximum absolute atomic E-state index is 11.6. The number of nitrogens with zero attached hydrogens (tertiary/aromatic N) is 2. The summed E-state index contributed by atoms with van der Waals surface area (Å²) >= 11 is 0. The topological polar surface area (TPSA) is 78.9 Å². The van der Waals surface area contributed by atoms with Crippen LogP contribution >= 0.6 is 0 Å². The number of benzene rings is 1. The highest BCUT2D eigenvalue weighted by Gasteiger charge is 2.05. The quantitative estimate of drug-likeness (QED) is 0.793. The maximum Gasteiger partial charge on any atom is 0.320 e. The second-order valence-corrected chi connectivity index (χ2v) is 5.34. The van der Waals surface area contributed by atoms with Crippen LogP contribution in [0, 0.1) is 6.92 Å². The minimum Gasteiger partial charge on any atom is -0.364 e. The first kappa shape index (κ1) is 15.8. The normalized spacial score (nSPS) is 10.4. The smallest absolute Gasteiger partial charge is 0.320 e. The van der Waals surface area contributed by atoms with Gasteiger partial charge in [-0.25, -0.2) is 4.79 Å². The molecule has 22 heavy (non-hydrogen) atoms. The van der Waals surface area contributed by atoms with Gasteiger partial charge in [-0.1, -0.05) is 24.3 Å². The lowest BCUT2D eigenvalue weighted by atomic mass is 10.1. The van der Waals surface area contributed by atoms with E-state index in [1.165, 1.54) is 11.1 Å². The van der Waals surface area contributed by atoms with E-state index >= 15 is 0 Å². The number of amides is 2. The van der Waals surface area contributed by atoms with Gasteiger partial charge in [0.15, 0.2) is 5.82 Å². The summed E-state index contributed by atoms with van der Waals surface area (Å²) in [7, 11) is 0. The molecule has 1 aromatic carbocycles. The van der Waals surface area contributed by atoms with Gasteiger partial charge in [0.2, 0.25) is 0 Å². The van der Waals surface area contributed by atoms with E-state index in [4.69, 9.17) is 0 Å². The fourth-order valence-electron chi connectivity index (χ4n) is 1.90. The molecule has 6 nitrogen and oxygen atoms in total. The number of carbonyl (C=O) groups is 1. The van der Waals surface area contributed by atoms with Gasteiger partial charge in [-0.05, 0) is 44.0 Å². The Bertz CT molecular complexity index is 625. The third-order valence-corrected chi connectivity index (χ3v) is 3.05. The first-order chi connectivity index (χ1) is 10.5. The summed E-state index contributed by atoms with van der Waals surface area (Å²) in [6, 6.07) is 11.5. The lowest BCUT2D eigenvalue weighted by Gasteiger charge is -2.10. The summed E-state index contributed by atoms with van der Waals surface area (Å²) in [6.07, 6.45) is 0. The van der Waals surface area contributed by atoms with Gasteiger partial charge in [0, 0.05) is 12.6 Å². The summed E-state index contributed by atoms with van der Waals surface area (Å²) in [5, 5.41) is 16.6. The van der Waals surface area contributed by atoms with Crippen molar-refractivity contribution in [3.8, 4) is 0 Å². The number of anilines is 2. The van der Waals surface area contributed by atoms with Gasteiger partial charge in [0.05, 0.1) is 0 Å². The van der Waals surface area contributed by atoms with Crippen LogP contribution < -0.4 is 16.0 Å². The van der Waals surface area contributed by atoms with Crippen LogP contribution in [0.3, 0.4) is 0 Å². The molecule has 2 aromatic rings. The molecule has 0 unspecified atom stereocenters. The molecule has 6 heteroatoms. The van der Waals surface area contributed by atoms with Gasteiger partial charge < -0.3 is 10.6 Å². The van der Waals surface area contributed by atoms with Crippen LogP contribution in [0.2, 0.25) is 0 Å². The molecule has 0 saturated heterocycles. The number of aromatic nitrogens is 2. The van der Waals surface area contributed by atoms with E-state index in [9.17, 15) is 4.79 Å². The lowest BCUT2D eigenvalue weighted by Crippen LogP contribution is -2.34. The van der Waals surface area contributed by atoms with Crippen LogP contribution in [-0.2, 0) is 6.54 Å². The molecule has 0 spiro atoms. The fourth-order valence-corrected chi connectivity index (χ4v) is 1.90. The lowest BCUT2D eigenvalue weighted by molar-refractivity contribution is 0.250. The number of nitrogens with one attached hydrogen (secondary N) is 3. The van der Waals surface area contributed by atoms with Crippen molar-refractivity contribution in [2.45, 2.75) is 33.4 Å².